The van der Waals surface area contributed by atoms with Crippen LogP contribution in [0, 0.1) is 0 Å². The fourth-order valence-corrected chi connectivity index (χ4v) is 3.26. The number of rotatable bonds is 7. The summed E-state index contributed by atoms with van der Waals surface area (Å²) < 4.78 is 6.01. The lowest BCUT2D eigenvalue weighted by Crippen LogP contribution is -2.46. The molecule has 1 aromatic carbocycles. The maximum absolute atomic E-state index is 6.01. The molecule has 1 heterocycles. The molecule has 2 rings (SSSR count). The van der Waals surface area contributed by atoms with Gasteiger partial charge in [0.15, 0.2) is 0 Å². The molecular weight excluding hydrogens is 246 g/mol. The zero-order chi connectivity index (χ0) is 14.4. The van der Waals surface area contributed by atoms with Crippen molar-refractivity contribution in [2.24, 2.45) is 0 Å². The summed E-state index contributed by atoms with van der Waals surface area (Å²) in [6, 6.07) is 8.95. The summed E-state index contributed by atoms with van der Waals surface area (Å²) in [5.41, 5.74) is 1.35. The van der Waals surface area contributed by atoms with Crippen molar-refractivity contribution >= 4 is 0 Å². The average Bonchev–Trinajstić information content (AvgIpc) is 2.48. The van der Waals surface area contributed by atoms with E-state index in [-0.39, 0.29) is 0 Å². The smallest absolute Gasteiger partial charge is 0.122 e. The van der Waals surface area contributed by atoms with Gasteiger partial charge in [0.1, 0.15) is 12.4 Å². The molecule has 1 unspecified atom stereocenters. The molecule has 0 amide bonds. The van der Waals surface area contributed by atoms with Crippen molar-refractivity contribution < 1.29 is 4.74 Å². The number of fused-ring (bicyclic) bond motifs is 1. The van der Waals surface area contributed by atoms with Gasteiger partial charge in [0.05, 0.1) is 6.04 Å². The third-order valence-corrected chi connectivity index (χ3v) is 4.10. The van der Waals surface area contributed by atoms with Crippen molar-refractivity contribution in [3.8, 4) is 5.75 Å². The Morgan fingerprint density at radius 2 is 1.95 bits per heavy atom. The van der Waals surface area contributed by atoms with Crippen LogP contribution in [0.3, 0.4) is 0 Å². The first kappa shape index (κ1) is 15.1. The Morgan fingerprint density at radius 1 is 1.25 bits per heavy atom. The molecule has 0 fully saturated rings. The molecule has 20 heavy (non-hydrogen) atoms. The number of hydrogen-bond acceptors (Lipinski definition) is 2. The van der Waals surface area contributed by atoms with Crippen molar-refractivity contribution in [3.05, 3.63) is 42.5 Å². The number of allylic oxidation sites excluding steroid dienone is 1. The first-order chi connectivity index (χ1) is 9.81. The van der Waals surface area contributed by atoms with Gasteiger partial charge in [-0.2, -0.15) is 0 Å². The van der Waals surface area contributed by atoms with E-state index in [1.54, 1.807) is 0 Å². The second kappa shape index (κ2) is 7.49. The lowest BCUT2D eigenvalue weighted by Gasteiger charge is -2.40. The first-order valence-electron chi connectivity index (χ1n) is 7.88. The van der Waals surface area contributed by atoms with Gasteiger partial charge in [-0.1, -0.05) is 38.1 Å². The molecule has 1 aromatic rings. The van der Waals surface area contributed by atoms with Crippen molar-refractivity contribution in [3.63, 3.8) is 0 Å². The van der Waals surface area contributed by atoms with Crippen LogP contribution in [0.25, 0.3) is 0 Å². The molecule has 2 nitrogen and oxygen atoms in total. The number of para-hydroxylation sites is 1. The van der Waals surface area contributed by atoms with E-state index < -0.39 is 0 Å². The molecule has 0 saturated carbocycles. The van der Waals surface area contributed by atoms with E-state index in [0.29, 0.717) is 12.0 Å². The Kier molecular flexibility index (Phi) is 5.66. The van der Waals surface area contributed by atoms with Gasteiger partial charge < -0.3 is 4.74 Å². The molecule has 2 heteroatoms. The maximum Gasteiger partial charge on any atom is 0.122 e. The zero-order valence-electron chi connectivity index (χ0n) is 12.8. The van der Waals surface area contributed by atoms with Crippen molar-refractivity contribution in [1.82, 2.24) is 4.90 Å². The molecule has 0 aliphatic carbocycles. The summed E-state index contributed by atoms with van der Waals surface area (Å²) in [5.74, 6) is 1.57. The van der Waals surface area contributed by atoms with Gasteiger partial charge in [-0.05, 0) is 44.0 Å². The molecule has 1 aliphatic heterocycles. The van der Waals surface area contributed by atoms with Crippen LogP contribution in [0.5, 0.6) is 5.75 Å². The number of benzene rings is 1. The third kappa shape index (κ3) is 3.24. The van der Waals surface area contributed by atoms with E-state index in [9.17, 15) is 0 Å². The molecule has 0 bridgehead atoms. The van der Waals surface area contributed by atoms with Crippen LogP contribution < -0.4 is 4.74 Å². The number of hydrogen-bond donors (Lipinski definition) is 0. The van der Waals surface area contributed by atoms with Crippen LogP contribution in [0.1, 0.15) is 44.6 Å². The Morgan fingerprint density at radius 3 is 2.60 bits per heavy atom. The highest BCUT2D eigenvalue weighted by molar-refractivity contribution is 5.39. The second-order valence-corrected chi connectivity index (χ2v) is 5.58. The van der Waals surface area contributed by atoms with Crippen LogP contribution in [0.4, 0.5) is 0 Å². The largest absolute Gasteiger partial charge is 0.492 e. The van der Waals surface area contributed by atoms with Crippen molar-refractivity contribution in [2.45, 2.75) is 45.1 Å². The minimum Gasteiger partial charge on any atom is -0.492 e. The van der Waals surface area contributed by atoms with Crippen LogP contribution in [-0.2, 0) is 0 Å². The fourth-order valence-electron chi connectivity index (χ4n) is 3.26. The Bertz CT molecular complexity index is 423. The second-order valence-electron chi connectivity index (χ2n) is 5.58. The maximum atomic E-state index is 6.01. The standard InChI is InChI=1S/C18H27NO/c1-4-9-15-16-10-7-8-11-18(16)20-14-17(15)19(12-5-2)13-6-3/h4,7-8,10-11,15,17H,1,5-6,9,12-14H2,2-3H3/t15?,17-/m0/s1. The average molecular weight is 273 g/mol. The fraction of sp³-hybridized carbons (Fsp3) is 0.556. The molecule has 110 valence electrons. The lowest BCUT2D eigenvalue weighted by molar-refractivity contribution is 0.0963. The molecule has 2 atom stereocenters. The Labute approximate surface area is 123 Å². The number of ether oxygens (including phenoxy) is 1. The normalized spacial score (nSPS) is 21.4. The van der Waals surface area contributed by atoms with Gasteiger partial charge in [0.25, 0.3) is 0 Å². The molecule has 0 N–H and O–H groups in total. The van der Waals surface area contributed by atoms with Gasteiger partial charge >= 0.3 is 0 Å². The van der Waals surface area contributed by atoms with Crippen LogP contribution in [0.15, 0.2) is 36.9 Å². The molecule has 0 spiro atoms. The molecule has 0 radical (unpaired) electrons. The van der Waals surface area contributed by atoms with Crippen LogP contribution in [-0.4, -0.2) is 30.6 Å². The number of nitrogens with zero attached hydrogens (tertiary/aromatic N) is 1. The zero-order valence-corrected chi connectivity index (χ0v) is 12.8. The SMILES string of the molecule is C=CCC1c2ccccc2OC[C@@H]1N(CCC)CCC. The predicted octanol–water partition coefficient (Wildman–Crippen LogP) is 4.23. The summed E-state index contributed by atoms with van der Waals surface area (Å²) in [5, 5.41) is 0. The van der Waals surface area contributed by atoms with E-state index in [1.165, 1.54) is 18.4 Å². The highest BCUT2D eigenvalue weighted by atomic mass is 16.5. The highest BCUT2D eigenvalue weighted by Crippen LogP contribution is 2.38. The van der Waals surface area contributed by atoms with E-state index in [0.717, 1.165) is 31.9 Å². The predicted molar refractivity (Wildman–Crippen MR) is 85.4 cm³/mol. The molecule has 1 aliphatic rings. The summed E-state index contributed by atoms with van der Waals surface area (Å²) in [4.78, 5) is 2.60. The molecule has 0 aromatic heterocycles. The summed E-state index contributed by atoms with van der Waals surface area (Å²) >= 11 is 0. The lowest BCUT2D eigenvalue weighted by atomic mass is 9.85. The summed E-state index contributed by atoms with van der Waals surface area (Å²) in [6.45, 7) is 11.6. The van der Waals surface area contributed by atoms with Gasteiger partial charge in [-0.3, -0.25) is 4.90 Å². The van der Waals surface area contributed by atoms with E-state index in [4.69, 9.17) is 4.74 Å². The van der Waals surface area contributed by atoms with Crippen molar-refractivity contribution in [2.75, 3.05) is 19.7 Å². The minimum atomic E-state index is 0.475. The van der Waals surface area contributed by atoms with E-state index in [1.807, 2.05) is 0 Å². The highest BCUT2D eigenvalue weighted by Gasteiger charge is 2.33. The quantitative estimate of drug-likeness (QED) is 0.689. The first-order valence-corrected chi connectivity index (χ1v) is 7.88. The van der Waals surface area contributed by atoms with Gasteiger partial charge in [0.2, 0.25) is 0 Å². The van der Waals surface area contributed by atoms with Crippen molar-refractivity contribution in [1.29, 1.82) is 0 Å². The third-order valence-electron chi connectivity index (χ3n) is 4.10. The summed E-state index contributed by atoms with van der Waals surface area (Å²) in [7, 11) is 0. The van der Waals surface area contributed by atoms with Gasteiger partial charge in [-0.25, -0.2) is 0 Å². The summed E-state index contributed by atoms with van der Waals surface area (Å²) in [6.07, 6.45) is 5.46. The molecule has 0 saturated heterocycles. The van der Waals surface area contributed by atoms with E-state index in [2.05, 4.69) is 55.7 Å². The Hall–Kier alpha value is -1.28. The Balaban J connectivity index is 2.26. The topological polar surface area (TPSA) is 12.5 Å². The molecular formula is C18H27NO. The van der Waals surface area contributed by atoms with Gasteiger partial charge in [-0.15, -0.1) is 6.58 Å². The van der Waals surface area contributed by atoms with Crippen LogP contribution >= 0.6 is 0 Å². The van der Waals surface area contributed by atoms with Crippen LogP contribution in [0.2, 0.25) is 0 Å². The minimum absolute atomic E-state index is 0.475. The van der Waals surface area contributed by atoms with E-state index >= 15 is 0 Å². The monoisotopic (exact) mass is 273 g/mol. The van der Waals surface area contributed by atoms with Gasteiger partial charge in [0, 0.05) is 5.92 Å².